The van der Waals surface area contributed by atoms with Crippen LogP contribution in [0.25, 0.3) is 0 Å². The highest BCUT2D eigenvalue weighted by atomic mass is 35.5. The summed E-state index contributed by atoms with van der Waals surface area (Å²) in [7, 11) is 0. The standard InChI is InChI=1S/C14H15N3OS.ClH/c1-9-8-19-14(16-9)17-13(18)11-4-2-6-12-10(11)5-3-7-15-12;/h2,4,6,8,15H,3,5,7H2,1H3,(H,16,17,18);1H. The van der Waals surface area contributed by atoms with E-state index < -0.39 is 0 Å². The molecule has 1 aliphatic rings. The summed E-state index contributed by atoms with van der Waals surface area (Å²) in [6, 6.07) is 5.82. The Morgan fingerprint density at radius 1 is 1.45 bits per heavy atom. The summed E-state index contributed by atoms with van der Waals surface area (Å²) in [4.78, 5) is 16.6. The lowest BCUT2D eigenvalue weighted by atomic mass is 9.97. The number of benzene rings is 1. The van der Waals surface area contributed by atoms with Gasteiger partial charge in [-0.05, 0) is 37.5 Å². The summed E-state index contributed by atoms with van der Waals surface area (Å²) < 4.78 is 0. The quantitative estimate of drug-likeness (QED) is 0.893. The van der Waals surface area contributed by atoms with Gasteiger partial charge < -0.3 is 5.32 Å². The molecule has 0 radical (unpaired) electrons. The van der Waals surface area contributed by atoms with Crippen LogP contribution in [0.5, 0.6) is 0 Å². The van der Waals surface area contributed by atoms with E-state index in [1.165, 1.54) is 11.3 Å². The maximum atomic E-state index is 12.3. The van der Waals surface area contributed by atoms with Crippen LogP contribution in [0.4, 0.5) is 10.8 Å². The van der Waals surface area contributed by atoms with Crippen LogP contribution in [0.3, 0.4) is 0 Å². The third-order valence-electron chi connectivity index (χ3n) is 3.18. The van der Waals surface area contributed by atoms with Gasteiger partial charge in [-0.25, -0.2) is 4.98 Å². The molecule has 0 unspecified atom stereocenters. The topological polar surface area (TPSA) is 54.0 Å². The van der Waals surface area contributed by atoms with E-state index in [0.29, 0.717) is 5.13 Å². The average Bonchev–Trinajstić information content (AvgIpc) is 2.83. The number of thiazole rings is 1. The summed E-state index contributed by atoms with van der Waals surface area (Å²) in [6.45, 7) is 2.89. The van der Waals surface area contributed by atoms with Crippen LogP contribution >= 0.6 is 23.7 Å². The fraction of sp³-hybridized carbons (Fsp3) is 0.286. The Labute approximate surface area is 128 Å². The second kappa shape index (κ2) is 6.24. The minimum absolute atomic E-state index is 0. The Morgan fingerprint density at radius 3 is 3.05 bits per heavy atom. The smallest absolute Gasteiger partial charge is 0.257 e. The van der Waals surface area contributed by atoms with Crippen molar-refractivity contribution in [2.45, 2.75) is 19.8 Å². The van der Waals surface area contributed by atoms with E-state index in [1.807, 2.05) is 30.5 Å². The molecule has 2 aromatic rings. The van der Waals surface area contributed by atoms with Crippen molar-refractivity contribution in [2.75, 3.05) is 17.2 Å². The molecule has 0 spiro atoms. The van der Waals surface area contributed by atoms with Gasteiger partial charge in [0.25, 0.3) is 5.91 Å². The number of nitrogens with zero attached hydrogens (tertiary/aromatic N) is 1. The number of nitrogens with one attached hydrogen (secondary N) is 2. The van der Waals surface area contributed by atoms with E-state index in [0.717, 1.165) is 41.9 Å². The molecule has 0 fully saturated rings. The molecule has 106 valence electrons. The highest BCUT2D eigenvalue weighted by molar-refractivity contribution is 7.13. The van der Waals surface area contributed by atoms with Crippen molar-refractivity contribution in [2.24, 2.45) is 0 Å². The second-order valence-corrected chi connectivity index (χ2v) is 5.47. The number of carbonyl (C=O) groups excluding carboxylic acids is 1. The Balaban J connectivity index is 0.00000147. The molecular weight excluding hydrogens is 294 g/mol. The van der Waals surface area contributed by atoms with Gasteiger partial charge in [-0.3, -0.25) is 10.1 Å². The van der Waals surface area contributed by atoms with Crippen molar-refractivity contribution in [3.8, 4) is 0 Å². The van der Waals surface area contributed by atoms with E-state index in [1.54, 1.807) is 0 Å². The lowest BCUT2D eigenvalue weighted by Gasteiger charge is -2.20. The predicted octanol–water partition coefficient (Wildman–Crippen LogP) is 3.48. The van der Waals surface area contributed by atoms with Gasteiger partial charge in [0.2, 0.25) is 0 Å². The van der Waals surface area contributed by atoms with Crippen molar-refractivity contribution in [3.63, 3.8) is 0 Å². The van der Waals surface area contributed by atoms with Crippen LogP contribution in [0.15, 0.2) is 23.6 Å². The maximum absolute atomic E-state index is 12.3. The number of halogens is 1. The van der Waals surface area contributed by atoms with Crippen LogP contribution in [0.1, 0.15) is 28.0 Å². The van der Waals surface area contributed by atoms with Crippen LogP contribution < -0.4 is 10.6 Å². The second-order valence-electron chi connectivity index (χ2n) is 4.61. The molecule has 0 saturated carbocycles. The van der Waals surface area contributed by atoms with Crippen LogP contribution in [0.2, 0.25) is 0 Å². The fourth-order valence-electron chi connectivity index (χ4n) is 2.30. The Morgan fingerprint density at radius 2 is 2.30 bits per heavy atom. The molecule has 1 amide bonds. The van der Waals surface area contributed by atoms with Gasteiger partial charge in [0.15, 0.2) is 5.13 Å². The van der Waals surface area contributed by atoms with Crippen molar-refractivity contribution in [3.05, 3.63) is 40.4 Å². The highest BCUT2D eigenvalue weighted by Gasteiger charge is 2.17. The van der Waals surface area contributed by atoms with E-state index in [9.17, 15) is 4.79 Å². The van der Waals surface area contributed by atoms with Crippen LogP contribution in [-0.4, -0.2) is 17.4 Å². The number of carbonyl (C=O) groups is 1. The molecule has 0 bridgehead atoms. The summed E-state index contributed by atoms with van der Waals surface area (Å²) in [6.07, 6.45) is 2.01. The Bertz CT molecular complexity index is 627. The first-order chi connectivity index (χ1) is 9.24. The first kappa shape index (κ1) is 14.8. The molecule has 0 saturated heterocycles. The van der Waals surface area contributed by atoms with E-state index in [4.69, 9.17) is 0 Å². The van der Waals surface area contributed by atoms with E-state index in [2.05, 4.69) is 15.6 Å². The Hall–Kier alpha value is -1.59. The lowest BCUT2D eigenvalue weighted by molar-refractivity contribution is 0.102. The first-order valence-corrected chi connectivity index (χ1v) is 7.21. The van der Waals surface area contributed by atoms with Gasteiger partial charge >= 0.3 is 0 Å². The summed E-state index contributed by atoms with van der Waals surface area (Å²) in [5.74, 6) is -0.0742. The van der Waals surface area contributed by atoms with E-state index >= 15 is 0 Å². The number of aryl methyl sites for hydroxylation is 1. The third-order valence-corrected chi connectivity index (χ3v) is 4.05. The first-order valence-electron chi connectivity index (χ1n) is 6.33. The number of hydrogen-bond donors (Lipinski definition) is 2. The van der Waals surface area contributed by atoms with Gasteiger partial charge in [-0.1, -0.05) is 6.07 Å². The molecule has 0 atom stereocenters. The SMILES string of the molecule is Cc1csc(NC(=O)c2cccc3c2CCCN3)n1.Cl. The zero-order chi connectivity index (χ0) is 13.2. The van der Waals surface area contributed by atoms with Crippen molar-refractivity contribution >= 4 is 40.5 Å². The Kier molecular flexibility index (Phi) is 4.62. The number of hydrogen-bond acceptors (Lipinski definition) is 4. The summed E-state index contributed by atoms with van der Waals surface area (Å²) in [5, 5.41) is 8.79. The monoisotopic (exact) mass is 309 g/mol. The fourth-order valence-corrected chi connectivity index (χ4v) is 2.98. The number of fused-ring (bicyclic) bond motifs is 1. The van der Waals surface area contributed by atoms with Gasteiger partial charge in [0, 0.05) is 23.2 Å². The van der Waals surface area contributed by atoms with Gasteiger partial charge in [0.05, 0.1) is 5.69 Å². The largest absolute Gasteiger partial charge is 0.385 e. The number of aromatic nitrogens is 1. The highest BCUT2D eigenvalue weighted by Crippen LogP contribution is 2.26. The predicted molar refractivity (Wildman–Crippen MR) is 85.3 cm³/mol. The van der Waals surface area contributed by atoms with Crippen molar-refractivity contribution in [1.82, 2.24) is 4.98 Å². The number of anilines is 2. The molecule has 20 heavy (non-hydrogen) atoms. The minimum Gasteiger partial charge on any atom is -0.385 e. The molecular formula is C14H16ClN3OS. The van der Waals surface area contributed by atoms with Gasteiger partial charge in [-0.2, -0.15) is 0 Å². The molecule has 1 aromatic heterocycles. The average molecular weight is 310 g/mol. The molecule has 2 heterocycles. The van der Waals surface area contributed by atoms with Crippen LogP contribution in [0, 0.1) is 6.92 Å². The van der Waals surface area contributed by atoms with E-state index in [-0.39, 0.29) is 18.3 Å². The van der Waals surface area contributed by atoms with Crippen molar-refractivity contribution < 1.29 is 4.79 Å². The third kappa shape index (κ3) is 2.94. The van der Waals surface area contributed by atoms with Gasteiger partial charge in [-0.15, -0.1) is 23.7 Å². The zero-order valence-electron chi connectivity index (χ0n) is 11.1. The molecule has 3 rings (SSSR count). The number of amides is 1. The lowest BCUT2D eigenvalue weighted by Crippen LogP contribution is -2.19. The maximum Gasteiger partial charge on any atom is 0.257 e. The molecule has 0 aliphatic carbocycles. The molecule has 1 aliphatic heterocycles. The van der Waals surface area contributed by atoms with Crippen LogP contribution in [-0.2, 0) is 6.42 Å². The zero-order valence-corrected chi connectivity index (χ0v) is 12.7. The molecule has 6 heteroatoms. The molecule has 4 nitrogen and oxygen atoms in total. The number of rotatable bonds is 2. The molecule has 1 aromatic carbocycles. The van der Waals surface area contributed by atoms with Gasteiger partial charge in [0.1, 0.15) is 0 Å². The minimum atomic E-state index is -0.0742. The summed E-state index contributed by atoms with van der Waals surface area (Å²) in [5.41, 5.74) is 3.86. The molecule has 2 N–H and O–H groups in total. The normalized spacial score (nSPS) is 12.8. The summed E-state index contributed by atoms with van der Waals surface area (Å²) >= 11 is 1.45. The van der Waals surface area contributed by atoms with Crippen molar-refractivity contribution in [1.29, 1.82) is 0 Å².